The van der Waals surface area contributed by atoms with E-state index in [2.05, 4.69) is 15.3 Å². The highest BCUT2D eigenvalue weighted by atomic mass is 19.3. The summed E-state index contributed by atoms with van der Waals surface area (Å²) in [6.45, 7) is -1.96. The predicted molar refractivity (Wildman–Crippen MR) is 144 cm³/mol. The molecule has 0 spiro atoms. The lowest BCUT2D eigenvalue weighted by Gasteiger charge is -2.21. The summed E-state index contributed by atoms with van der Waals surface area (Å²) in [5, 5.41) is 2.71. The first-order chi connectivity index (χ1) is 20.8. The average Bonchev–Trinajstić information content (AvgIpc) is 2.97. The molecule has 44 heavy (non-hydrogen) atoms. The highest BCUT2D eigenvalue weighted by molar-refractivity contribution is 5.89. The number of rotatable bonds is 7. The zero-order valence-corrected chi connectivity index (χ0v) is 22.6. The standard InChI is InChI=1S/C29H19F8N5O2/c1-12(40-20-5-3-18(31)24(33)23(20)25(34)35)15-7-14(30)8-17-16(15)9-22(41(2)27(17)43)13-10-38-26(39-11-13)21-6-4-19(32)28(44)42(21)29(36)37/h3-12,25,29,40H,1-2H3/t12-/m1/s1. The molecule has 0 radical (unpaired) electrons. The van der Waals surface area contributed by atoms with Gasteiger partial charge in [0.05, 0.1) is 22.3 Å². The molecule has 0 unspecified atom stereocenters. The SMILES string of the molecule is C[C@@H](Nc1ccc(F)c(F)c1C(F)F)c1cc(F)cc2c(=O)n(C)c(-c3cnc(-c4ccc(F)c(=O)n4C(F)F)nc3)cc12. The van der Waals surface area contributed by atoms with Gasteiger partial charge in [0.2, 0.25) is 0 Å². The van der Waals surface area contributed by atoms with Crippen LogP contribution in [0.2, 0.25) is 0 Å². The highest BCUT2D eigenvalue weighted by Crippen LogP contribution is 2.35. The zero-order chi connectivity index (χ0) is 32.0. The van der Waals surface area contributed by atoms with Crippen LogP contribution in [0.25, 0.3) is 33.5 Å². The molecule has 5 aromatic rings. The molecule has 0 saturated heterocycles. The van der Waals surface area contributed by atoms with Crippen LogP contribution in [0, 0.1) is 23.3 Å². The van der Waals surface area contributed by atoms with Crippen molar-refractivity contribution in [2.24, 2.45) is 7.05 Å². The van der Waals surface area contributed by atoms with E-state index in [0.717, 1.165) is 41.2 Å². The van der Waals surface area contributed by atoms with Crippen molar-refractivity contribution in [2.75, 3.05) is 5.32 Å². The molecule has 2 aromatic carbocycles. The molecule has 1 atom stereocenters. The second-order valence-corrected chi connectivity index (χ2v) is 9.65. The van der Waals surface area contributed by atoms with Crippen LogP contribution in [-0.2, 0) is 7.05 Å². The van der Waals surface area contributed by atoms with Crippen LogP contribution in [0.1, 0.15) is 37.1 Å². The van der Waals surface area contributed by atoms with Crippen molar-refractivity contribution in [2.45, 2.75) is 25.9 Å². The number of nitrogens with one attached hydrogen (secondary N) is 1. The molecule has 0 bridgehead atoms. The first kappa shape index (κ1) is 30.4. The third-order valence-corrected chi connectivity index (χ3v) is 6.99. The van der Waals surface area contributed by atoms with Crippen LogP contribution < -0.4 is 16.4 Å². The summed E-state index contributed by atoms with van der Waals surface area (Å²) in [4.78, 5) is 33.2. The lowest BCUT2D eigenvalue weighted by atomic mass is 9.98. The topological polar surface area (TPSA) is 81.8 Å². The molecule has 228 valence electrons. The summed E-state index contributed by atoms with van der Waals surface area (Å²) >= 11 is 0. The summed E-state index contributed by atoms with van der Waals surface area (Å²) in [6.07, 6.45) is -1.06. The van der Waals surface area contributed by atoms with Gasteiger partial charge in [0.25, 0.3) is 17.5 Å². The van der Waals surface area contributed by atoms with Crippen LogP contribution in [-0.4, -0.2) is 19.1 Å². The Balaban J connectivity index is 1.61. The average molecular weight is 621 g/mol. The normalized spacial score (nSPS) is 12.4. The Labute approximate surface area is 242 Å². The molecule has 3 heterocycles. The number of anilines is 1. The maximum absolute atomic E-state index is 14.7. The second-order valence-electron chi connectivity index (χ2n) is 9.65. The fourth-order valence-electron chi connectivity index (χ4n) is 4.85. The van der Waals surface area contributed by atoms with Crippen LogP contribution in [0.5, 0.6) is 0 Å². The van der Waals surface area contributed by atoms with Crippen LogP contribution in [0.4, 0.5) is 40.8 Å². The molecular weight excluding hydrogens is 602 g/mol. The van der Waals surface area contributed by atoms with Gasteiger partial charge in [-0.2, -0.15) is 8.78 Å². The summed E-state index contributed by atoms with van der Waals surface area (Å²) < 4.78 is 111. The van der Waals surface area contributed by atoms with Crippen molar-refractivity contribution in [1.29, 1.82) is 0 Å². The lowest BCUT2D eigenvalue weighted by molar-refractivity contribution is 0.0667. The monoisotopic (exact) mass is 621 g/mol. The number of pyridine rings is 2. The maximum Gasteiger partial charge on any atom is 0.322 e. The Morgan fingerprint density at radius 3 is 2.09 bits per heavy atom. The van der Waals surface area contributed by atoms with Gasteiger partial charge in [0.1, 0.15) is 5.82 Å². The smallest absolute Gasteiger partial charge is 0.322 e. The van der Waals surface area contributed by atoms with Gasteiger partial charge in [-0.15, -0.1) is 0 Å². The fourth-order valence-corrected chi connectivity index (χ4v) is 4.85. The number of fused-ring (bicyclic) bond motifs is 1. The second kappa shape index (κ2) is 11.5. The predicted octanol–water partition coefficient (Wildman–Crippen LogP) is 6.89. The van der Waals surface area contributed by atoms with Gasteiger partial charge in [-0.1, -0.05) is 0 Å². The Kier molecular flexibility index (Phi) is 7.97. The summed E-state index contributed by atoms with van der Waals surface area (Å²) in [7, 11) is 1.36. The molecule has 0 aliphatic heterocycles. The maximum atomic E-state index is 14.7. The van der Waals surface area contributed by atoms with Gasteiger partial charge < -0.3 is 9.88 Å². The zero-order valence-electron chi connectivity index (χ0n) is 22.6. The van der Waals surface area contributed by atoms with Crippen molar-refractivity contribution in [3.63, 3.8) is 0 Å². The Hall–Kier alpha value is -5.08. The van der Waals surface area contributed by atoms with Gasteiger partial charge in [-0.25, -0.2) is 40.9 Å². The van der Waals surface area contributed by atoms with Crippen molar-refractivity contribution in [3.8, 4) is 22.8 Å². The summed E-state index contributed by atoms with van der Waals surface area (Å²) in [6, 6.07) is 5.63. The van der Waals surface area contributed by atoms with Gasteiger partial charge in [0.15, 0.2) is 23.3 Å². The van der Waals surface area contributed by atoms with Crippen molar-refractivity contribution < 1.29 is 35.1 Å². The number of alkyl halides is 4. The number of aromatic nitrogens is 4. The quantitative estimate of drug-likeness (QED) is 0.200. The third-order valence-electron chi connectivity index (χ3n) is 6.99. The largest absolute Gasteiger partial charge is 0.378 e. The number of hydrogen-bond donors (Lipinski definition) is 1. The first-order valence-corrected chi connectivity index (χ1v) is 12.7. The number of halogens is 8. The molecule has 0 aliphatic rings. The van der Waals surface area contributed by atoms with Gasteiger partial charge in [-0.05, 0) is 60.3 Å². The molecule has 1 N–H and O–H groups in total. The number of nitrogens with zero attached hydrogens (tertiary/aromatic N) is 4. The van der Waals surface area contributed by atoms with Crippen LogP contribution in [0.15, 0.2) is 64.4 Å². The number of hydrogen-bond acceptors (Lipinski definition) is 5. The fraction of sp³-hybridized carbons (Fsp3) is 0.172. The van der Waals surface area contributed by atoms with Crippen LogP contribution >= 0.6 is 0 Å². The molecule has 0 saturated carbocycles. The molecule has 0 fully saturated rings. The molecule has 0 aliphatic carbocycles. The minimum atomic E-state index is -3.39. The van der Waals surface area contributed by atoms with E-state index in [-0.39, 0.29) is 38.0 Å². The molecule has 7 nitrogen and oxygen atoms in total. The lowest BCUT2D eigenvalue weighted by Crippen LogP contribution is -2.25. The van der Waals surface area contributed by atoms with E-state index >= 15 is 0 Å². The Bertz CT molecular complexity index is 2030. The first-order valence-electron chi connectivity index (χ1n) is 12.7. The van der Waals surface area contributed by atoms with E-state index in [1.165, 1.54) is 20.0 Å². The van der Waals surface area contributed by atoms with E-state index < -0.39 is 70.3 Å². The molecule has 15 heteroatoms. The molecule has 5 rings (SSSR count). The number of benzene rings is 2. The molecule has 0 amide bonds. The van der Waals surface area contributed by atoms with E-state index in [4.69, 9.17) is 0 Å². The van der Waals surface area contributed by atoms with Crippen molar-refractivity contribution in [3.05, 3.63) is 110 Å². The minimum absolute atomic E-state index is 0.0935. The Morgan fingerprint density at radius 1 is 0.795 bits per heavy atom. The van der Waals surface area contributed by atoms with E-state index in [9.17, 15) is 44.7 Å². The van der Waals surface area contributed by atoms with Gasteiger partial charge >= 0.3 is 6.55 Å². The van der Waals surface area contributed by atoms with Crippen molar-refractivity contribution >= 4 is 16.5 Å². The molecular formula is C29H19F8N5O2. The van der Waals surface area contributed by atoms with Crippen molar-refractivity contribution in [1.82, 2.24) is 19.1 Å². The van der Waals surface area contributed by atoms with Gasteiger partial charge in [-0.3, -0.25) is 9.59 Å². The van der Waals surface area contributed by atoms with E-state index in [0.29, 0.717) is 12.1 Å². The molecule has 3 aromatic heterocycles. The summed E-state index contributed by atoms with van der Waals surface area (Å²) in [5.41, 5.74) is -3.93. The van der Waals surface area contributed by atoms with Crippen LogP contribution in [0.3, 0.4) is 0 Å². The third kappa shape index (κ3) is 5.29. The van der Waals surface area contributed by atoms with Gasteiger partial charge in [0, 0.05) is 36.7 Å². The highest BCUT2D eigenvalue weighted by Gasteiger charge is 2.25. The minimum Gasteiger partial charge on any atom is -0.378 e. The summed E-state index contributed by atoms with van der Waals surface area (Å²) in [5.74, 6) is -5.80. The van der Waals surface area contributed by atoms with E-state index in [1.807, 2.05) is 0 Å². The van der Waals surface area contributed by atoms with E-state index in [1.54, 1.807) is 0 Å². The Morgan fingerprint density at radius 2 is 1.45 bits per heavy atom.